The zero-order valence-electron chi connectivity index (χ0n) is 17.6. The summed E-state index contributed by atoms with van der Waals surface area (Å²) < 4.78 is 1.55. The Hall–Kier alpha value is -2.98. The summed E-state index contributed by atoms with van der Waals surface area (Å²) in [5, 5.41) is 15.1. The maximum atomic E-state index is 13.3. The van der Waals surface area contributed by atoms with Gasteiger partial charge in [0.25, 0.3) is 11.2 Å². The molecule has 0 fully saturated rings. The van der Waals surface area contributed by atoms with Crippen LogP contribution in [0.4, 0.5) is 11.4 Å². The molecule has 1 aromatic carbocycles. The topological polar surface area (TPSA) is 107 Å². The summed E-state index contributed by atoms with van der Waals surface area (Å²) in [5.41, 5.74) is 1.64. The number of nitrogens with one attached hydrogen (secondary N) is 1. The Kier molecular flexibility index (Phi) is 6.43. The second kappa shape index (κ2) is 9.25. The average molecular weight is 471 g/mol. The van der Waals surface area contributed by atoms with Crippen LogP contribution in [-0.2, 0) is 24.2 Å². The molecule has 0 unspecified atom stereocenters. The number of thioether (sulfide) groups is 1. The lowest BCUT2D eigenvalue weighted by Crippen LogP contribution is -2.24. The van der Waals surface area contributed by atoms with Crippen LogP contribution >= 0.6 is 23.1 Å². The largest absolute Gasteiger partial charge is 0.319 e. The summed E-state index contributed by atoms with van der Waals surface area (Å²) in [4.78, 5) is 43.3. The number of nitro benzene ring substituents is 1. The van der Waals surface area contributed by atoms with Gasteiger partial charge in [-0.2, -0.15) is 0 Å². The summed E-state index contributed by atoms with van der Waals surface area (Å²) in [6.45, 7) is 5.73. The summed E-state index contributed by atoms with van der Waals surface area (Å²) in [7, 11) is 0. The van der Waals surface area contributed by atoms with Crippen LogP contribution in [0.3, 0.4) is 0 Å². The standard InChI is InChI=1S/C22H22N4O4S2/c1-3-11-25-21(28)18-14-8-4-5-10-16(14)32-20(18)24-22(25)31-12-17(27)23-19-13(2)7-6-9-15(19)26(29)30/h3,6-7,9H,1,4-5,8,10-12H2,2H3,(H,23,27). The number of hydrogen-bond acceptors (Lipinski definition) is 7. The van der Waals surface area contributed by atoms with Crippen molar-refractivity contribution in [3.05, 3.63) is 67.3 Å². The van der Waals surface area contributed by atoms with Gasteiger partial charge in [0.05, 0.1) is 16.1 Å². The maximum Gasteiger partial charge on any atom is 0.293 e. The number of nitro groups is 1. The van der Waals surface area contributed by atoms with Gasteiger partial charge in [-0.25, -0.2) is 4.98 Å². The lowest BCUT2D eigenvalue weighted by atomic mass is 9.97. The third-order valence-electron chi connectivity index (χ3n) is 5.40. The smallest absolute Gasteiger partial charge is 0.293 e. The Balaban J connectivity index is 1.61. The van der Waals surface area contributed by atoms with Crippen LogP contribution in [-0.4, -0.2) is 26.1 Å². The number of carbonyl (C=O) groups excluding carboxylic acids is 1. The average Bonchev–Trinajstić information content (AvgIpc) is 3.14. The molecule has 3 aromatic rings. The molecule has 8 nitrogen and oxygen atoms in total. The first-order valence-electron chi connectivity index (χ1n) is 10.2. The quantitative estimate of drug-likeness (QED) is 0.179. The van der Waals surface area contributed by atoms with E-state index >= 15 is 0 Å². The minimum absolute atomic E-state index is 0.0360. The number of aromatic nitrogens is 2. The van der Waals surface area contributed by atoms with E-state index in [0.717, 1.165) is 43.0 Å². The molecule has 0 aliphatic heterocycles. The third-order valence-corrected chi connectivity index (χ3v) is 7.56. The number of thiophene rings is 1. The van der Waals surface area contributed by atoms with E-state index in [4.69, 9.17) is 4.98 Å². The molecule has 0 atom stereocenters. The first-order valence-corrected chi connectivity index (χ1v) is 12.0. The number of carbonyl (C=O) groups is 1. The van der Waals surface area contributed by atoms with Crippen LogP contribution in [0.5, 0.6) is 0 Å². The second-order valence-electron chi connectivity index (χ2n) is 7.55. The van der Waals surface area contributed by atoms with E-state index < -0.39 is 10.8 Å². The maximum absolute atomic E-state index is 13.3. The fourth-order valence-electron chi connectivity index (χ4n) is 3.89. The zero-order chi connectivity index (χ0) is 22.8. The summed E-state index contributed by atoms with van der Waals surface area (Å²) >= 11 is 2.70. The lowest BCUT2D eigenvalue weighted by Gasteiger charge is -2.12. The van der Waals surface area contributed by atoms with Crippen molar-refractivity contribution in [1.29, 1.82) is 0 Å². The minimum atomic E-state index is -0.522. The van der Waals surface area contributed by atoms with Crippen molar-refractivity contribution in [2.45, 2.75) is 44.3 Å². The molecular weight excluding hydrogens is 448 g/mol. The van der Waals surface area contributed by atoms with Crippen LogP contribution in [0.15, 0.2) is 40.8 Å². The van der Waals surface area contributed by atoms with Crippen LogP contribution in [0.1, 0.15) is 28.8 Å². The lowest BCUT2D eigenvalue weighted by molar-refractivity contribution is -0.384. The SMILES string of the molecule is C=CCn1c(SCC(=O)Nc2c(C)cccc2[N+](=O)[O-])nc2sc3c(c2c1=O)CCCC3. The number of fused-ring (bicyclic) bond motifs is 3. The van der Waals surface area contributed by atoms with Crippen LogP contribution < -0.4 is 10.9 Å². The summed E-state index contributed by atoms with van der Waals surface area (Å²) in [5.74, 6) is -0.441. The molecule has 0 saturated carbocycles. The summed E-state index contributed by atoms with van der Waals surface area (Å²) in [6.07, 6.45) is 5.69. The van der Waals surface area contributed by atoms with Crippen molar-refractivity contribution < 1.29 is 9.72 Å². The molecule has 1 N–H and O–H groups in total. The van der Waals surface area contributed by atoms with Gasteiger partial charge in [0.15, 0.2) is 5.16 Å². The zero-order valence-corrected chi connectivity index (χ0v) is 19.2. The molecule has 2 heterocycles. The molecule has 10 heteroatoms. The Bertz CT molecular complexity index is 1300. The highest BCUT2D eigenvalue weighted by Crippen LogP contribution is 2.35. The van der Waals surface area contributed by atoms with Crippen molar-refractivity contribution in [2.24, 2.45) is 0 Å². The predicted molar refractivity (Wildman–Crippen MR) is 128 cm³/mol. The van der Waals surface area contributed by atoms with Gasteiger partial charge in [-0.3, -0.25) is 24.3 Å². The molecule has 1 aliphatic rings. The Morgan fingerprint density at radius 2 is 2.19 bits per heavy atom. The Morgan fingerprint density at radius 3 is 2.94 bits per heavy atom. The van der Waals surface area contributed by atoms with Crippen molar-refractivity contribution in [1.82, 2.24) is 9.55 Å². The van der Waals surface area contributed by atoms with E-state index in [9.17, 15) is 19.7 Å². The number of hydrogen-bond donors (Lipinski definition) is 1. The van der Waals surface area contributed by atoms with Crippen LogP contribution in [0.25, 0.3) is 10.2 Å². The van der Waals surface area contributed by atoms with Gasteiger partial charge in [-0.05, 0) is 43.7 Å². The molecule has 0 saturated heterocycles. The summed E-state index contributed by atoms with van der Waals surface area (Å²) in [6, 6.07) is 4.63. The van der Waals surface area contributed by atoms with Crippen molar-refractivity contribution in [3.8, 4) is 0 Å². The van der Waals surface area contributed by atoms with Crippen LogP contribution in [0.2, 0.25) is 0 Å². The number of anilines is 1. The first kappa shape index (κ1) is 22.2. The number of aryl methyl sites for hydroxylation is 3. The number of rotatable bonds is 7. The highest BCUT2D eigenvalue weighted by atomic mass is 32.2. The van der Waals surface area contributed by atoms with Crippen molar-refractivity contribution in [2.75, 3.05) is 11.1 Å². The molecule has 166 valence electrons. The fraction of sp³-hybridized carbons (Fsp3) is 0.318. The van der Waals surface area contributed by atoms with Gasteiger partial charge in [0.1, 0.15) is 10.5 Å². The van der Waals surface area contributed by atoms with E-state index in [1.807, 2.05) is 0 Å². The van der Waals surface area contributed by atoms with E-state index in [0.29, 0.717) is 27.5 Å². The molecule has 0 spiro atoms. The highest BCUT2D eigenvalue weighted by Gasteiger charge is 2.23. The van der Waals surface area contributed by atoms with Gasteiger partial charge in [-0.1, -0.05) is 30.0 Å². The van der Waals surface area contributed by atoms with E-state index in [2.05, 4.69) is 11.9 Å². The molecule has 0 bridgehead atoms. The van der Waals surface area contributed by atoms with Crippen LogP contribution in [0, 0.1) is 17.0 Å². The number of allylic oxidation sites excluding steroid dienone is 1. The van der Waals surface area contributed by atoms with Gasteiger partial charge in [0, 0.05) is 17.5 Å². The fourth-order valence-corrected chi connectivity index (χ4v) is 6.00. The minimum Gasteiger partial charge on any atom is -0.319 e. The molecule has 4 rings (SSSR count). The van der Waals surface area contributed by atoms with Gasteiger partial charge < -0.3 is 5.32 Å². The van der Waals surface area contributed by atoms with Crippen molar-refractivity contribution >= 4 is 50.6 Å². The van der Waals surface area contributed by atoms with Gasteiger partial charge >= 0.3 is 0 Å². The Morgan fingerprint density at radius 1 is 1.41 bits per heavy atom. The molecule has 32 heavy (non-hydrogen) atoms. The highest BCUT2D eigenvalue weighted by molar-refractivity contribution is 7.99. The number of benzene rings is 1. The van der Waals surface area contributed by atoms with Gasteiger partial charge in [0.2, 0.25) is 5.91 Å². The van der Waals surface area contributed by atoms with E-state index in [-0.39, 0.29) is 22.7 Å². The van der Waals surface area contributed by atoms with Gasteiger partial charge in [-0.15, -0.1) is 17.9 Å². The molecule has 1 amide bonds. The second-order valence-corrected chi connectivity index (χ2v) is 9.58. The Labute approximate surface area is 192 Å². The molecule has 1 aliphatic carbocycles. The monoisotopic (exact) mass is 470 g/mol. The number of para-hydroxylation sites is 1. The normalized spacial score (nSPS) is 13.0. The predicted octanol–water partition coefficient (Wildman–Crippen LogP) is 4.47. The van der Waals surface area contributed by atoms with Crippen molar-refractivity contribution in [3.63, 3.8) is 0 Å². The molecule has 2 aromatic heterocycles. The number of nitrogens with zero attached hydrogens (tertiary/aromatic N) is 3. The first-order chi connectivity index (χ1) is 15.4. The third kappa shape index (κ3) is 4.20. The molecule has 0 radical (unpaired) electrons. The molecular formula is C22H22N4O4S2. The van der Waals surface area contributed by atoms with E-state index in [1.165, 1.54) is 10.9 Å². The van der Waals surface area contributed by atoms with E-state index in [1.54, 1.807) is 41.0 Å². The number of amides is 1.